The number of hydrogen-bond donors (Lipinski definition) is 1. The van der Waals surface area contributed by atoms with Gasteiger partial charge in [-0.25, -0.2) is 0 Å². The normalized spacial score (nSPS) is 16.2. The van der Waals surface area contributed by atoms with Crippen LogP contribution in [0.4, 0.5) is 0 Å². The number of rotatable bonds is 7. The molecule has 1 aromatic rings. The second-order valence-electron chi connectivity index (χ2n) is 6.12. The van der Waals surface area contributed by atoms with Gasteiger partial charge < -0.3 is 15.1 Å². The van der Waals surface area contributed by atoms with Crippen molar-refractivity contribution in [1.29, 1.82) is 0 Å². The van der Waals surface area contributed by atoms with Crippen LogP contribution in [0.3, 0.4) is 0 Å². The molecule has 2 rings (SSSR count). The molecule has 0 unspecified atom stereocenters. The zero-order valence-corrected chi connectivity index (χ0v) is 13.8. The first-order valence-electron chi connectivity index (χ1n) is 8.04. The number of hydrogen-bond acceptors (Lipinski definition) is 4. The molecule has 0 atom stereocenters. The minimum absolute atomic E-state index is 0.220. The van der Waals surface area contributed by atoms with Gasteiger partial charge in [0.05, 0.1) is 6.54 Å². The summed E-state index contributed by atoms with van der Waals surface area (Å²) in [6, 6.07) is 10.5. The molecule has 5 nitrogen and oxygen atoms in total. The van der Waals surface area contributed by atoms with Gasteiger partial charge in [0.1, 0.15) is 0 Å². The second-order valence-corrected chi connectivity index (χ2v) is 6.12. The van der Waals surface area contributed by atoms with Gasteiger partial charge in [-0.2, -0.15) is 0 Å². The average molecular weight is 304 g/mol. The Labute approximate surface area is 133 Å². The topological polar surface area (TPSA) is 38.8 Å². The quantitative estimate of drug-likeness (QED) is 0.744. The van der Waals surface area contributed by atoms with E-state index in [1.807, 2.05) is 25.1 Å². The maximum absolute atomic E-state index is 12.1. The van der Waals surface area contributed by atoms with E-state index in [1.165, 1.54) is 5.56 Å². The largest absolute Gasteiger partial charge is 0.339 e. The van der Waals surface area contributed by atoms with Crippen LogP contribution >= 0.6 is 0 Å². The third-order valence-corrected chi connectivity index (χ3v) is 3.99. The number of piperazine rings is 1. The number of carbonyl (C=O) groups excluding carboxylic acids is 1. The molecule has 1 amide bonds. The molecule has 1 aromatic carbocycles. The van der Waals surface area contributed by atoms with Gasteiger partial charge in [0, 0.05) is 45.8 Å². The number of benzene rings is 1. The van der Waals surface area contributed by atoms with Crippen molar-refractivity contribution in [3.8, 4) is 0 Å². The summed E-state index contributed by atoms with van der Waals surface area (Å²) in [5.74, 6) is 0.220. The fraction of sp³-hybridized carbons (Fsp3) is 0.588. The number of amides is 1. The maximum Gasteiger partial charge on any atom is 0.236 e. The average Bonchev–Trinajstić information content (AvgIpc) is 2.53. The highest BCUT2D eigenvalue weighted by Gasteiger charge is 2.20. The molecule has 1 fully saturated rings. The van der Waals surface area contributed by atoms with Crippen LogP contribution < -0.4 is 5.32 Å². The third-order valence-electron chi connectivity index (χ3n) is 3.99. The van der Waals surface area contributed by atoms with Crippen LogP contribution in [0.25, 0.3) is 0 Å². The molecule has 0 aromatic heterocycles. The highest BCUT2D eigenvalue weighted by molar-refractivity contribution is 5.78. The van der Waals surface area contributed by atoms with Gasteiger partial charge in [-0.05, 0) is 19.7 Å². The Morgan fingerprint density at radius 1 is 1.14 bits per heavy atom. The molecule has 0 aliphatic carbocycles. The van der Waals surface area contributed by atoms with Gasteiger partial charge in [0.25, 0.3) is 0 Å². The van der Waals surface area contributed by atoms with E-state index in [0.29, 0.717) is 6.54 Å². The van der Waals surface area contributed by atoms with Crippen LogP contribution in [0, 0.1) is 0 Å². The second kappa shape index (κ2) is 8.88. The molecular weight excluding hydrogens is 276 g/mol. The fourth-order valence-corrected chi connectivity index (χ4v) is 2.61. The van der Waals surface area contributed by atoms with Gasteiger partial charge in [-0.15, -0.1) is 0 Å². The number of likely N-dealkylation sites (N-methyl/N-ethyl adjacent to an activating group) is 1. The molecule has 1 aliphatic rings. The number of nitrogens with zero attached hydrogens (tertiary/aromatic N) is 3. The lowest BCUT2D eigenvalue weighted by Gasteiger charge is -2.34. The zero-order valence-electron chi connectivity index (χ0n) is 13.8. The van der Waals surface area contributed by atoms with E-state index in [9.17, 15) is 4.79 Å². The van der Waals surface area contributed by atoms with E-state index in [4.69, 9.17) is 0 Å². The Morgan fingerprint density at radius 2 is 1.82 bits per heavy atom. The smallest absolute Gasteiger partial charge is 0.236 e. The SMILES string of the molecule is CN(C)CCNCC(=O)N1CCN(Cc2ccccc2)CC1. The van der Waals surface area contributed by atoms with Crippen molar-refractivity contribution in [3.63, 3.8) is 0 Å². The number of nitrogens with one attached hydrogen (secondary N) is 1. The summed E-state index contributed by atoms with van der Waals surface area (Å²) < 4.78 is 0. The van der Waals surface area contributed by atoms with Crippen LogP contribution in [0.1, 0.15) is 5.56 Å². The molecule has 0 saturated carbocycles. The van der Waals surface area contributed by atoms with Crippen molar-refractivity contribution >= 4 is 5.91 Å². The molecular formula is C17H28N4O. The summed E-state index contributed by atoms with van der Waals surface area (Å²) in [6.07, 6.45) is 0. The molecule has 122 valence electrons. The van der Waals surface area contributed by atoms with E-state index < -0.39 is 0 Å². The number of carbonyl (C=O) groups is 1. The summed E-state index contributed by atoms with van der Waals surface area (Å²) in [7, 11) is 4.07. The first kappa shape index (κ1) is 16.9. The van der Waals surface area contributed by atoms with E-state index in [1.54, 1.807) is 0 Å². The van der Waals surface area contributed by atoms with Crippen molar-refractivity contribution < 1.29 is 4.79 Å². The van der Waals surface area contributed by atoms with Crippen molar-refractivity contribution in [1.82, 2.24) is 20.0 Å². The van der Waals surface area contributed by atoms with Crippen molar-refractivity contribution in [2.75, 3.05) is 59.9 Å². The highest BCUT2D eigenvalue weighted by Crippen LogP contribution is 2.08. The minimum Gasteiger partial charge on any atom is -0.339 e. The molecule has 0 radical (unpaired) electrons. The predicted molar refractivity (Wildman–Crippen MR) is 89.7 cm³/mol. The molecule has 22 heavy (non-hydrogen) atoms. The summed E-state index contributed by atoms with van der Waals surface area (Å²) in [6.45, 7) is 6.82. The maximum atomic E-state index is 12.1. The molecule has 0 spiro atoms. The minimum atomic E-state index is 0.220. The van der Waals surface area contributed by atoms with E-state index in [2.05, 4.69) is 39.4 Å². The molecule has 0 bridgehead atoms. The van der Waals surface area contributed by atoms with Gasteiger partial charge in [-0.3, -0.25) is 9.69 Å². The monoisotopic (exact) mass is 304 g/mol. The van der Waals surface area contributed by atoms with Crippen LogP contribution in [0.5, 0.6) is 0 Å². The first-order valence-corrected chi connectivity index (χ1v) is 8.04. The highest BCUT2D eigenvalue weighted by atomic mass is 16.2. The molecule has 1 saturated heterocycles. The molecule has 1 N–H and O–H groups in total. The lowest BCUT2D eigenvalue weighted by molar-refractivity contribution is -0.132. The Bertz CT molecular complexity index is 441. The summed E-state index contributed by atoms with van der Waals surface area (Å²) in [5, 5.41) is 3.22. The summed E-state index contributed by atoms with van der Waals surface area (Å²) in [5.41, 5.74) is 1.34. The van der Waals surface area contributed by atoms with E-state index >= 15 is 0 Å². The van der Waals surface area contributed by atoms with Crippen LogP contribution in [0.15, 0.2) is 30.3 Å². The van der Waals surface area contributed by atoms with Crippen LogP contribution in [-0.4, -0.2) is 80.5 Å². The van der Waals surface area contributed by atoms with E-state index in [0.717, 1.165) is 45.8 Å². The van der Waals surface area contributed by atoms with Gasteiger partial charge >= 0.3 is 0 Å². The lowest BCUT2D eigenvalue weighted by atomic mass is 10.2. The first-order chi connectivity index (χ1) is 10.6. The standard InChI is InChI=1S/C17H28N4O/c1-19(2)9-8-18-14-17(22)21-12-10-20(11-13-21)15-16-6-4-3-5-7-16/h3-7,18H,8-15H2,1-2H3. The van der Waals surface area contributed by atoms with Crippen molar-refractivity contribution in [2.45, 2.75) is 6.54 Å². The molecule has 1 aliphatic heterocycles. The zero-order chi connectivity index (χ0) is 15.8. The lowest BCUT2D eigenvalue weighted by Crippen LogP contribution is -2.50. The Morgan fingerprint density at radius 3 is 2.45 bits per heavy atom. The van der Waals surface area contributed by atoms with Crippen LogP contribution in [0.2, 0.25) is 0 Å². The Balaban J connectivity index is 1.65. The van der Waals surface area contributed by atoms with E-state index in [-0.39, 0.29) is 5.91 Å². The predicted octanol–water partition coefficient (Wildman–Crippen LogP) is 0.482. The Kier molecular flexibility index (Phi) is 6.83. The third kappa shape index (κ3) is 5.75. The summed E-state index contributed by atoms with van der Waals surface area (Å²) in [4.78, 5) is 18.6. The van der Waals surface area contributed by atoms with Gasteiger partial charge in [-0.1, -0.05) is 30.3 Å². The van der Waals surface area contributed by atoms with Crippen LogP contribution in [-0.2, 0) is 11.3 Å². The fourth-order valence-electron chi connectivity index (χ4n) is 2.61. The van der Waals surface area contributed by atoms with Gasteiger partial charge in [0.15, 0.2) is 0 Å². The summed E-state index contributed by atoms with van der Waals surface area (Å²) >= 11 is 0. The van der Waals surface area contributed by atoms with Gasteiger partial charge in [0.2, 0.25) is 5.91 Å². The molecule has 1 heterocycles. The Hall–Kier alpha value is -1.43. The van der Waals surface area contributed by atoms with Crippen molar-refractivity contribution in [2.24, 2.45) is 0 Å². The van der Waals surface area contributed by atoms with Crippen molar-refractivity contribution in [3.05, 3.63) is 35.9 Å². The molecule has 5 heteroatoms.